The number of aromatic amines is 1. The van der Waals surface area contributed by atoms with Crippen molar-refractivity contribution in [2.75, 3.05) is 11.8 Å². The molecule has 0 fully saturated rings. The number of benzene rings is 2. The van der Waals surface area contributed by atoms with Crippen molar-refractivity contribution in [3.63, 3.8) is 0 Å². The molecule has 1 heterocycles. The Labute approximate surface area is 164 Å². The third kappa shape index (κ3) is 4.37. The standard InChI is InChI=1S/C18H16BrN3O4S/c1-11-8-17(23)21-18(20-11)12-4-3-5-13(9-12)22-27(24,25)14-6-7-16(26-2)15(19)10-14/h3-10,22H,1-2H3,(H,20,21,23). The summed E-state index contributed by atoms with van der Waals surface area (Å²) in [4.78, 5) is 18.7. The number of aryl methyl sites for hydroxylation is 1. The van der Waals surface area contributed by atoms with Crippen LogP contribution >= 0.6 is 15.9 Å². The minimum absolute atomic E-state index is 0.0858. The minimum atomic E-state index is -3.80. The summed E-state index contributed by atoms with van der Waals surface area (Å²) in [5.41, 5.74) is 1.24. The molecule has 140 valence electrons. The number of anilines is 1. The van der Waals surface area contributed by atoms with Gasteiger partial charge in [0.25, 0.3) is 15.6 Å². The van der Waals surface area contributed by atoms with Gasteiger partial charge in [-0.25, -0.2) is 13.4 Å². The van der Waals surface area contributed by atoms with Gasteiger partial charge in [0.2, 0.25) is 0 Å². The van der Waals surface area contributed by atoms with Crippen LogP contribution in [0.15, 0.2) is 62.7 Å². The number of hydrogen-bond donors (Lipinski definition) is 2. The number of nitrogens with zero attached hydrogens (tertiary/aromatic N) is 1. The molecule has 0 spiro atoms. The van der Waals surface area contributed by atoms with Crippen molar-refractivity contribution in [1.29, 1.82) is 0 Å². The number of sulfonamides is 1. The van der Waals surface area contributed by atoms with E-state index < -0.39 is 10.0 Å². The Kier molecular flexibility index (Phi) is 5.33. The van der Waals surface area contributed by atoms with Gasteiger partial charge < -0.3 is 9.72 Å². The zero-order valence-corrected chi connectivity index (χ0v) is 16.9. The summed E-state index contributed by atoms with van der Waals surface area (Å²) >= 11 is 3.28. The zero-order valence-electron chi connectivity index (χ0n) is 14.5. The smallest absolute Gasteiger partial charge is 0.261 e. The van der Waals surface area contributed by atoms with E-state index in [2.05, 4.69) is 30.6 Å². The lowest BCUT2D eigenvalue weighted by molar-refractivity contribution is 0.411. The molecule has 9 heteroatoms. The normalized spacial score (nSPS) is 11.2. The number of hydrogen-bond acceptors (Lipinski definition) is 5. The highest BCUT2D eigenvalue weighted by molar-refractivity contribution is 9.10. The van der Waals surface area contributed by atoms with Crippen LogP contribution in [0.2, 0.25) is 0 Å². The van der Waals surface area contributed by atoms with Crippen molar-refractivity contribution in [3.05, 3.63) is 69.1 Å². The van der Waals surface area contributed by atoms with Gasteiger partial charge in [0.05, 0.1) is 16.5 Å². The van der Waals surface area contributed by atoms with Gasteiger partial charge in [0.1, 0.15) is 11.6 Å². The Hall–Kier alpha value is -2.65. The molecule has 3 rings (SSSR count). The highest BCUT2D eigenvalue weighted by Gasteiger charge is 2.16. The Bertz CT molecular complexity index is 1160. The number of aromatic nitrogens is 2. The summed E-state index contributed by atoms with van der Waals surface area (Å²) < 4.78 is 33.5. The van der Waals surface area contributed by atoms with Crippen molar-refractivity contribution < 1.29 is 13.2 Å². The van der Waals surface area contributed by atoms with E-state index in [0.717, 1.165) is 0 Å². The topological polar surface area (TPSA) is 101 Å². The summed E-state index contributed by atoms with van der Waals surface area (Å²) in [5, 5.41) is 0. The van der Waals surface area contributed by atoms with E-state index in [1.807, 2.05) is 0 Å². The predicted octanol–water partition coefficient (Wildman–Crippen LogP) is 3.32. The van der Waals surface area contributed by atoms with E-state index in [-0.39, 0.29) is 10.5 Å². The van der Waals surface area contributed by atoms with Crippen molar-refractivity contribution in [2.24, 2.45) is 0 Å². The molecule has 27 heavy (non-hydrogen) atoms. The molecule has 0 atom stereocenters. The Morgan fingerprint density at radius 1 is 1.15 bits per heavy atom. The highest BCUT2D eigenvalue weighted by Crippen LogP contribution is 2.28. The first kappa shape index (κ1) is 19.1. The molecule has 2 N–H and O–H groups in total. The van der Waals surface area contributed by atoms with Gasteiger partial charge in [0.15, 0.2) is 0 Å². The molecule has 0 radical (unpaired) electrons. The monoisotopic (exact) mass is 449 g/mol. The molecule has 0 aliphatic rings. The van der Waals surface area contributed by atoms with Crippen molar-refractivity contribution >= 4 is 31.6 Å². The van der Waals surface area contributed by atoms with E-state index in [1.54, 1.807) is 37.3 Å². The fraction of sp³-hybridized carbons (Fsp3) is 0.111. The van der Waals surface area contributed by atoms with Gasteiger partial charge in [0, 0.05) is 23.0 Å². The molecular weight excluding hydrogens is 434 g/mol. The van der Waals surface area contributed by atoms with Gasteiger partial charge in [-0.1, -0.05) is 12.1 Å². The molecule has 7 nitrogen and oxygen atoms in total. The molecule has 0 amide bonds. The Morgan fingerprint density at radius 2 is 1.93 bits per heavy atom. The first-order valence-corrected chi connectivity index (χ1v) is 10.1. The third-order valence-electron chi connectivity index (χ3n) is 3.69. The van der Waals surface area contributed by atoms with Gasteiger partial charge in [-0.15, -0.1) is 0 Å². The lowest BCUT2D eigenvalue weighted by atomic mass is 10.2. The average molecular weight is 450 g/mol. The minimum Gasteiger partial charge on any atom is -0.496 e. The molecule has 2 aromatic carbocycles. The highest BCUT2D eigenvalue weighted by atomic mass is 79.9. The second kappa shape index (κ2) is 7.53. The fourth-order valence-electron chi connectivity index (χ4n) is 2.47. The maximum absolute atomic E-state index is 12.7. The number of rotatable bonds is 5. The van der Waals surface area contributed by atoms with Crippen LogP contribution < -0.4 is 15.0 Å². The number of H-pyrrole nitrogens is 1. The lowest BCUT2D eigenvalue weighted by Gasteiger charge is -2.11. The van der Waals surface area contributed by atoms with Gasteiger partial charge in [-0.3, -0.25) is 9.52 Å². The van der Waals surface area contributed by atoms with E-state index in [0.29, 0.717) is 33.0 Å². The van der Waals surface area contributed by atoms with Crippen molar-refractivity contribution in [2.45, 2.75) is 11.8 Å². The molecule has 3 aromatic rings. The van der Waals surface area contributed by atoms with Crippen LogP contribution in [0.5, 0.6) is 5.75 Å². The summed E-state index contributed by atoms with van der Waals surface area (Å²) in [6.07, 6.45) is 0. The second-order valence-corrected chi connectivity index (χ2v) is 8.25. The molecule has 0 aliphatic carbocycles. The maximum atomic E-state index is 12.7. The first-order chi connectivity index (χ1) is 12.8. The van der Waals surface area contributed by atoms with E-state index in [1.165, 1.54) is 25.3 Å². The van der Waals surface area contributed by atoms with Crippen LogP contribution in [0, 0.1) is 6.92 Å². The van der Waals surface area contributed by atoms with Crippen LogP contribution in [-0.2, 0) is 10.0 Å². The van der Waals surface area contributed by atoms with E-state index in [9.17, 15) is 13.2 Å². The number of ether oxygens (including phenoxy) is 1. The SMILES string of the molecule is COc1ccc(S(=O)(=O)Nc2cccc(-c3nc(C)cc(=O)[nH]3)c2)cc1Br. The molecule has 0 saturated heterocycles. The van der Waals surface area contributed by atoms with E-state index >= 15 is 0 Å². The van der Waals surface area contributed by atoms with Crippen molar-refractivity contribution in [1.82, 2.24) is 9.97 Å². The lowest BCUT2D eigenvalue weighted by Crippen LogP contribution is -2.13. The van der Waals surface area contributed by atoms with Gasteiger partial charge in [-0.05, 0) is 53.2 Å². The van der Waals surface area contributed by atoms with Crippen LogP contribution in [0.3, 0.4) is 0 Å². The first-order valence-electron chi connectivity index (χ1n) is 7.83. The summed E-state index contributed by atoms with van der Waals surface area (Å²) in [5.74, 6) is 0.902. The molecule has 0 saturated carbocycles. The fourth-order valence-corrected chi connectivity index (χ4v) is 4.24. The Morgan fingerprint density at radius 3 is 2.59 bits per heavy atom. The summed E-state index contributed by atoms with van der Waals surface area (Å²) in [6, 6.07) is 12.5. The van der Waals surface area contributed by atoms with Crippen LogP contribution in [0.4, 0.5) is 5.69 Å². The third-order valence-corrected chi connectivity index (χ3v) is 5.69. The molecule has 0 aliphatic heterocycles. The maximum Gasteiger partial charge on any atom is 0.261 e. The summed E-state index contributed by atoms with van der Waals surface area (Å²) in [7, 11) is -2.30. The molecule has 0 bridgehead atoms. The molecule has 0 unspecified atom stereocenters. The second-order valence-electron chi connectivity index (χ2n) is 5.72. The van der Waals surface area contributed by atoms with Gasteiger partial charge in [-0.2, -0.15) is 0 Å². The zero-order chi connectivity index (χ0) is 19.6. The predicted molar refractivity (Wildman–Crippen MR) is 107 cm³/mol. The quantitative estimate of drug-likeness (QED) is 0.621. The largest absolute Gasteiger partial charge is 0.496 e. The van der Waals surface area contributed by atoms with Crippen LogP contribution in [0.1, 0.15) is 5.69 Å². The number of nitrogens with one attached hydrogen (secondary N) is 2. The molecule has 1 aromatic heterocycles. The van der Waals surface area contributed by atoms with Gasteiger partial charge >= 0.3 is 0 Å². The number of methoxy groups -OCH3 is 1. The number of halogens is 1. The van der Waals surface area contributed by atoms with Crippen LogP contribution in [-0.4, -0.2) is 25.5 Å². The average Bonchev–Trinajstić information content (AvgIpc) is 2.60. The Balaban J connectivity index is 1.93. The molecular formula is C18H16BrN3O4S. The van der Waals surface area contributed by atoms with E-state index in [4.69, 9.17) is 4.74 Å². The summed E-state index contributed by atoms with van der Waals surface area (Å²) in [6.45, 7) is 1.72. The van der Waals surface area contributed by atoms with Crippen molar-refractivity contribution in [3.8, 4) is 17.1 Å². The van der Waals surface area contributed by atoms with Crippen LogP contribution in [0.25, 0.3) is 11.4 Å².